The molecule has 1 atom stereocenters. The van der Waals surface area contributed by atoms with Crippen molar-refractivity contribution < 1.29 is 38.0 Å². The van der Waals surface area contributed by atoms with Gasteiger partial charge in [-0.1, -0.05) is 23.5 Å². The molecule has 0 spiro atoms. The lowest BCUT2D eigenvalue weighted by Crippen LogP contribution is -2.40. The average Bonchev–Trinajstić information content (AvgIpc) is 3.29. The van der Waals surface area contributed by atoms with E-state index in [-0.39, 0.29) is 24.3 Å². The third kappa shape index (κ3) is 5.75. The van der Waals surface area contributed by atoms with E-state index >= 15 is 0 Å². The Labute approximate surface area is 245 Å². The maximum atomic E-state index is 14.0. The molecule has 2 aliphatic rings. The van der Waals surface area contributed by atoms with E-state index in [4.69, 9.17) is 23.7 Å². The molecule has 0 bridgehead atoms. The Morgan fingerprint density at radius 3 is 2.57 bits per heavy atom. The fourth-order valence-corrected chi connectivity index (χ4v) is 5.73. The normalized spacial score (nSPS) is 15.9. The molecule has 11 nitrogen and oxygen atoms in total. The number of carbonyl (C=O) groups excluding carboxylic acids is 2. The summed E-state index contributed by atoms with van der Waals surface area (Å²) in [6.45, 7) is 6.34. The molecule has 0 amide bonds. The highest BCUT2D eigenvalue weighted by Gasteiger charge is 2.34. The van der Waals surface area contributed by atoms with Crippen molar-refractivity contribution in [1.82, 2.24) is 4.57 Å². The topological polar surface area (TPSA) is 124 Å². The van der Waals surface area contributed by atoms with Gasteiger partial charge in [-0.3, -0.25) is 9.36 Å². The average molecular weight is 595 g/mol. The quantitative estimate of drug-likeness (QED) is 0.344. The lowest BCUT2D eigenvalue weighted by molar-refractivity contribution is -0.143. The maximum Gasteiger partial charge on any atom is 0.343 e. The molecule has 0 saturated heterocycles. The summed E-state index contributed by atoms with van der Waals surface area (Å²) < 4.78 is 34.7. The van der Waals surface area contributed by atoms with Crippen LogP contribution in [0.5, 0.6) is 23.0 Å². The van der Waals surface area contributed by atoms with Gasteiger partial charge in [0.25, 0.3) is 5.56 Å². The minimum atomic E-state index is -0.850. The van der Waals surface area contributed by atoms with E-state index in [1.54, 1.807) is 38.1 Å². The molecule has 12 heteroatoms. The van der Waals surface area contributed by atoms with Gasteiger partial charge in [0.15, 0.2) is 34.4 Å². The molecule has 0 radical (unpaired) electrons. The second-order valence-corrected chi connectivity index (χ2v) is 10.2. The van der Waals surface area contributed by atoms with Gasteiger partial charge in [-0.15, -0.1) is 0 Å². The molecule has 1 aromatic heterocycles. The molecular formula is C30H30N2O9S. The molecule has 0 saturated carbocycles. The van der Waals surface area contributed by atoms with Crippen LogP contribution >= 0.6 is 11.3 Å². The number of esters is 2. The lowest BCUT2D eigenvalue weighted by atomic mass is 9.95. The van der Waals surface area contributed by atoms with Gasteiger partial charge in [0.2, 0.25) is 0 Å². The standard InChI is InChI=1S/C30H30N2O9S/c1-5-37-23-15-19(8-10-21(23)41-16-25(33)36-4)27-26(29(35)38-6-2)17(3)31-30-32(27)28(34)24(42-30)14-18-7-9-20-22(13-18)40-12-11-39-20/h7-10,13-15,27H,5-6,11-12,16H2,1-4H3/b24-14-. The summed E-state index contributed by atoms with van der Waals surface area (Å²) in [5.74, 6) is 0.798. The van der Waals surface area contributed by atoms with Crippen molar-refractivity contribution in [2.75, 3.05) is 40.1 Å². The van der Waals surface area contributed by atoms with Gasteiger partial charge in [0, 0.05) is 0 Å². The van der Waals surface area contributed by atoms with Gasteiger partial charge in [-0.05, 0) is 62.2 Å². The number of hydrogen-bond donors (Lipinski definition) is 0. The van der Waals surface area contributed by atoms with Gasteiger partial charge in [-0.2, -0.15) is 0 Å². The fourth-order valence-electron chi connectivity index (χ4n) is 4.69. The van der Waals surface area contributed by atoms with Gasteiger partial charge >= 0.3 is 11.9 Å². The van der Waals surface area contributed by atoms with Crippen LogP contribution in [0.3, 0.4) is 0 Å². The number of benzene rings is 2. The molecule has 1 unspecified atom stereocenters. The highest BCUT2D eigenvalue weighted by molar-refractivity contribution is 7.07. The first-order valence-corrected chi connectivity index (χ1v) is 14.2. The molecule has 2 aliphatic heterocycles. The zero-order valence-electron chi connectivity index (χ0n) is 23.6. The molecule has 220 valence electrons. The first-order chi connectivity index (χ1) is 20.3. The van der Waals surface area contributed by atoms with E-state index < -0.39 is 18.0 Å². The number of rotatable bonds is 9. The van der Waals surface area contributed by atoms with Crippen molar-refractivity contribution in [2.45, 2.75) is 26.8 Å². The van der Waals surface area contributed by atoms with Crippen molar-refractivity contribution in [2.24, 2.45) is 4.99 Å². The number of carbonyl (C=O) groups is 2. The summed E-state index contributed by atoms with van der Waals surface area (Å²) in [6, 6.07) is 9.67. The summed E-state index contributed by atoms with van der Waals surface area (Å²) >= 11 is 1.22. The van der Waals surface area contributed by atoms with Gasteiger partial charge in [-0.25, -0.2) is 14.6 Å². The number of ether oxygens (including phenoxy) is 6. The number of allylic oxidation sites excluding steroid dienone is 1. The van der Waals surface area contributed by atoms with Crippen LogP contribution in [0.15, 0.2) is 57.5 Å². The number of hydrogen-bond acceptors (Lipinski definition) is 11. The lowest BCUT2D eigenvalue weighted by Gasteiger charge is -2.25. The molecule has 0 aliphatic carbocycles. The third-order valence-electron chi connectivity index (χ3n) is 6.54. The SMILES string of the molecule is CCOC(=O)C1=C(C)N=c2s/c(=C\c3ccc4c(c3)OCCO4)c(=O)n2C1c1ccc(OCC(=O)OC)c(OCC)c1. The summed E-state index contributed by atoms with van der Waals surface area (Å²) in [5, 5.41) is 0. The molecule has 3 aromatic rings. The zero-order chi connectivity index (χ0) is 29.8. The van der Waals surface area contributed by atoms with Crippen LogP contribution in [0.1, 0.15) is 37.9 Å². The number of thiazole rings is 1. The Hall–Kier alpha value is -4.58. The van der Waals surface area contributed by atoms with E-state index in [1.165, 1.54) is 23.0 Å². The summed E-state index contributed by atoms with van der Waals surface area (Å²) in [7, 11) is 1.27. The number of aromatic nitrogens is 1. The predicted molar refractivity (Wildman–Crippen MR) is 153 cm³/mol. The summed E-state index contributed by atoms with van der Waals surface area (Å²) in [5.41, 5.74) is 1.69. The maximum absolute atomic E-state index is 14.0. The third-order valence-corrected chi connectivity index (χ3v) is 7.52. The molecule has 0 fully saturated rings. The number of methoxy groups -OCH3 is 1. The van der Waals surface area contributed by atoms with Crippen LogP contribution in [0.25, 0.3) is 6.08 Å². The van der Waals surface area contributed by atoms with Crippen LogP contribution in [0.2, 0.25) is 0 Å². The molecule has 42 heavy (non-hydrogen) atoms. The highest BCUT2D eigenvalue weighted by Crippen LogP contribution is 2.36. The van der Waals surface area contributed by atoms with E-state index in [1.807, 2.05) is 25.1 Å². The minimum Gasteiger partial charge on any atom is -0.490 e. The first kappa shape index (κ1) is 28.9. The molecular weight excluding hydrogens is 564 g/mol. The number of fused-ring (bicyclic) bond motifs is 2. The van der Waals surface area contributed by atoms with Crippen LogP contribution in [-0.4, -0.2) is 56.6 Å². The second kappa shape index (κ2) is 12.5. The van der Waals surface area contributed by atoms with Crippen molar-refractivity contribution >= 4 is 29.4 Å². The van der Waals surface area contributed by atoms with Gasteiger partial charge < -0.3 is 28.4 Å². The Bertz CT molecular complexity index is 1740. The Balaban J connectivity index is 1.64. The number of nitrogens with zero attached hydrogens (tertiary/aromatic N) is 2. The van der Waals surface area contributed by atoms with Crippen molar-refractivity contribution in [3.63, 3.8) is 0 Å². The minimum absolute atomic E-state index is 0.154. The van der Waals surface area contributed by atoms with Crippen molar-refractivity contribution in [3.8, 4) is 23.0 Å². The van der Waals surface area contributed by atoms with Crippen LogP contribution < -0.4 is 33.8 Å². The Kier molecular flexibility index (Phi) is 8.62. The first-order valence-electron chi connectivity index (χ1n) is 13.4. The van der Waals surface area contributed by atoms with E-state index in [0.29, 0.717) is 63.4 Å². The molecule has 3 heterocycles. The fraction of sp³-hybridized carbons (Fsp3) is 0.333. The molecule has 0 N–H and O–H groups in total. The van der Waals surface area contributed by atoms with Gasteiger partial charge in [0.05, 0.1) is 42.2 Å². The zero-order valence-corrected chi connectivity index (χ0v) is 24.4. The van der Waals surface area contributed by atoms with E-state index in [9.17, 15) is 14.4 Å². The summed E-state index contributed by atoms with van der Waals surface area (Å²) in [6.07, 6.45) is 1.76. The van der Waals surface area contributed by atoms with E-state index in [0.717, 1.165) is 5.56 Å². The Morgan fingerprint density at radius 2 is 1.83 bits per heavy atom. The van der Waals surface area contributed by atoms with Crippen LogP contribution in [-0.2, 0) is 19.1 Å². The van der Waals surface area contributed by atoms with Crippen molar-refractivity contribution in [1.29, 1.82) is 0 Å². The summed E-state index contributed by atoms with van der Waals surface area (Å²) in [4.78, 5) is 43.9. The Morgan fingerprint density at radius 1 is 1.05 bits per heavy atom. The highest BCUT2D eigenvalue weighted by atomic mass is 32.1. The van der Waals surface area contributed by atoms with E-state index in [2.05, 4.69) is 9.73 Å². The molecule has 2 aromatic carbocycles. The smallest absolute Gasteiger partial charge is 0.343 e. The monoisotopic (exact) mass is 594 g/mol. The van der Waals surface area contributed by atoms with Crippen LogP contribution in [0.4, 0.5) is 0 Å². The second-order valence-electron chi connectivity index (χ2n) is 9.21. The van der Waals surface area contributed by atoms with Crippen LogP contribution in [0, 0.1) is 0 Å². The molecule has 5 rings (SSSR count). The predicted octanol–water partition coefficient (Wildman–Crippen LogP) is 2.52. The van der Waals surface area contributed by atoms with Crippen molar-refractivity contribution in [3.05, 3.63) is 78.5 Å². The largest absolute Gasteiger partial charge is 0.490 e. The van der Waals surface area contributed by atoms with Gasteiger partial charge in [0.1, 0.15) is 13.2 Å².